The van der Waals surface area contributed by atoms with Crippen LogP contribution in [0.25, 0.3) is 0 Å². The molecule has 192 valence electrons. The van der Waals surface area contributed by atoms with Crippen LogP contribution in [0.3, 0.4) is 0 Å². The fraction of sp³-hybridized carbons (Fsp3) is 0.500. The number of rotatable bonds is 10. The number of carboxylic acid groups (broad SMARTS) is 1. The number of anilines is 1. The van der Waals surface area contributed by atoms with Crippen LogP contribution in [0.5, 0.6) is 5.88 Å². The van der Waals surface area contributed by atoms with E-state index < -0.39 is 53.1 Å². The molecule has 1 fully saturated rings. The van der Waals surface area contributed by atoms with E-state index in [0.29, 0.717) is 31.0 Å². The molecule has 1 atom stereocenters. The highest BCUT2D eigenvalue weighted by Crippen LogP contribution is 2.32. The molecule has 13 heteroatoms. The molecule has 0 bridgehead atoms. The number of carboxylic acids is 1. The van der Waals surface area contributed by atoms with Crippen LogP contribution in [0.1, 0.15) is 47.2 Å². The predicted molar refractivity (Wildman–Crippen MR) is 122 cm³/mol. The first-order valence-electron chi connectivity index (χ1n) is 11.1. The highest BCUT2D eigenvalue weighted by atomic mass is 32.1. The number of amides is 2. The number of piperidine rings is 1. The Kier molecular flexibility index (Phi) is 9.29. The summed E-state index contributed by atoms with van der Waals surface area (Å²) in [4.78, 5) is 26.0. The number of benzene rings is 1. The number of nitrogens with zero attached hydrogens (tertiary/aromatic N) is 2. The second-order valence-electron chi connectivity index (χ2n) is 8.25. The molecular weight excluding hydrogens is 489 g/mol. The Balaban J connectivity index is 1.51. The Morgan fingerprint density at radius 3 is 2.77 bits per heavy atom. The molecule has 1 aromatic heterocycles. The highest BCUT2D eigenvalue weighted by Gasteiger charge is 2.25. The van der Waals surface area contributed by atoms with Gasteiger partial charge in [0.2, 0.25) is 5.88 Å². The van der Waals surface area contributed by atoms with E-state index in [1.165, 1.54) is 6.92 Å². The monoisotopic (exact) mass is 516 g/mol. The van der Waals surface area contributed by atoms with E-state index in [9.17, 15) is 33.0 Å². The van der Waals surface area contributed by atoms with Crippen LogP contribution in [0.15, 0.2) is 6.07 Å². The maximum atomic E-state index is 14.1. The van der Waals surface area contributed by atoms with Crippen molar-refractivity contribution in [1.82, 2.24) is 14.6 Å². The van der Waals surface area contributed by atoms with Gasteiger partial charge in [-0.15, -0.1) is 0 Å². The third kappa shape index (κ3) is 7.05. The number of aliphatic hydroxyl groups is 1. The van der Waals surface area contributed by atoms with E-state index >= 15 is 0 Å². The van der Waals surface area contributed by atoms with E-state index in [0.717, 1.165) is 38.4 Å². The highest BCUT2D eigenvalue weighted by molar-refractivity contribution is 7.11. The van der Waals surface area contributed by atoms with Gasteiger partial charge in [-0.3, -0.25) is 5.32 Å². The van der Waals surface area contributed by atoms with Gasteiger partial charge in [-0.25, -0.2) is 22.8 Å². The summed E-state index contributed by atoms with van der Waals surface area (Å²) in [5.74, 6) is -5.62. The Labute approximate surface area is 204 Å². The van der Waals surface area contributed by atoms with Crippen molar-refractivity contribution in [1.29, 1.82) is 0 Å². The van der Waals surface area contributed by atoms with Crippen molar-refractivity contribution in [2.24, 2.45) is 0 Å². The number of likely N-dealkylation sites (tertiary alicyclic amines) is 1. The van der Waals surface area contributed by atoms with E-state index in [2.05, 4.69) is 19.9 Å². The summed E-state index contributed by atoms with van der Waals surface area (Å²) in [6.45, 7) is 3.17. The standard InChI is InChI=1S/C22H27F3N4O5S/c1-12-9-15(23)14(18(25)17(12)24)11-34-19-16(21(31)32)20(35-28-19)27-22(33)26-6-2-3-7-29-8-4-5-13(30)10-29/h9,13,30H,2-8,10-11H2,1H3,(H,31,32)(H2,26,27,33). The van der Waals surface area contributed by atoms with Crippen molar-refractivity contribution in [3.63, 3.8) is 0 Å². The summed E-state index contributed by atoms with van der Waals surface area (Å²) >= 11 is 0.625. The number of carbonyl (C=O) groups excluding carboxylic acids is 1. The number of aromatic nitrogens is 1. The summed E-state index contributed by atoms with van der Waals surface area (Å²) in [5, 5.41) is 24.1. The van der Waals surface area contributed by atoms with Crippen molar-refractivity contribution >= 4 is 28.5 Å². The molecule has 2 amide bonds. The van der Waals surface area contributed by atoms with Crippen molar-refractivity contribution in [2.75, 3.05) is 31.5 Å². The second-order valence-corrected chi connectivity index (χ2v) is 9.03. The number of ether oxygens (including phenoxy) is 1. The summed E-state index contributed by atoms with van der Waals surface area (Å²) in [5.41, 5.74) is -1.41. The molecule has 1 saturated heterocycles. The molecule has 9 nitrogen and oxygen atoms in total. The first kappa shape index (κ1) is 26.7. The topological polar surface area (TPSA) is 124 Å². The Morgan fingerprint density at radius 2 is 2.06 bits per heavy atom. The van der Waals surface area contributed by atoms with Crippen molar-refractivity contribution in [3.8, 4) is 5.88 Å². The average Bonchev–Trinajstić information content (AvgIpc) is 3.19. The molecule has 4 N–H and O–H groups in total. The number of hydrogen-bond acceptors (Lipinski definition) is 7. The zero-order valence-corrected chi connectivity index (χ0v) is 19.9. The molecule has 1 aromatic carbocycles. The number of unbranched alkanes of at least 4 members (excludes halogenated alkanes) is 1. The maximum Gasteiger partial charge on any atom is 0.344 e. The van der Waals surface area contributed by atoms with Gasteiger partial charge < -0.3 is 25.2 Å². The minimum absolute atomic E-state index is 0.122. The van der Waals surface area contributed by atoms with E-state index in [4.69, 9.17) is 4.74 Å². The number of β-amino-alcohol motifs (C(OH)–C–C–N with tert-alkyl or cyclic N) is 1. The first-order chi connectivity index (χ1) is 16.7. The van der Waals surface area contributed by atoms with Crippen LogP contribution in [-0.4, -0.2) is 63.8 Å². The number of aromatic carboxylic acids is 1. The lowest BCUT2D eigenvalue weighted by Gasteiger charge is -2.29. The zero-order valence-electron chi connectivity index (χ0n) is 19.1. The summed E-state index contributed by atoms with van der Waals surface area (Å²) < 4.78 is 50.8. The minimum Gasteiger partial charge on any atom is -0.477 e. The molecule has 2 heterocycles. The minimum atomic E-state index is -1.47. The molecule has 1 unspecified atom stereocenters. The smallest absolute Gasteiger partial charge is 0.344 e. The largest absolute Gasteiger partial charge is 0.477 e. The van der Waals surface area contributed by atoms with Gasteiger partial charge in [-0.1, -0.05) is 0 Å². The van der Waals surface area contributed by atoms with Gasteiger partial charge >= 0.3 is 12.0 Å². The molecule has 0 aliphatic carbocycles. The van der Waals surface area contributed by atoms with Gasteiger partial charge in [-0.05, 0) is 68.9 Å². The van der Waals surface area contributed by atoms with Gasteiger partial charge in [0, 0.05) is 13.1 Å². The van der Waals surface area contributed by atoms with Crippen LogP contribution in [0, 0.1) is 24.4 Å². The van der Waals surface area contributed by atoms with Gasteiger partial charge in [0.25, 0.3) is 0 Å². The van der Waals surface area contributed by atoms with Crippen molar-refractivity contribution in [3.05, 3.63) is 40.2 Å². The lowest BCUT2D eigenvalue weighted by Crippen LogP contribution is -2.39. The van der Waals surface area contributed by atoms with E-state index in [-0.39, 0.29) is 16.7 Å². The Bertz CT molecular complexity index is 1070. The first-order valence-corrected chi connectivity index (χ1v) is 11.9. The lowest BCUT2D eigenvalue weighted by molar-refractivity contribution is 0.0690. The average molecular weight is 517 g/mol. The number of aliphatic hydroxyl groups excluding tert-OH is 1. The number of urea groups is 1. The molecule has 1 aliphatic rings. The van der Waals surface area contributed by atoms with E-state index in [1.807, 2.05) is 0 Å². The number of carbonyl (C=O) groups is 2. The van der Waals surface area contributed by atoms with Crippen LogP contribution in [-0.2, 0) is 6.61 Å². The molecule has 1 aliphatic heterocycles. The van der Waals surface area contributed by atoms with Crippen LogP contribution in [0.4, 0.5) is 23.0 Å². The molecule has 35 heavy (non-hydrogen) atoms. The summed E-state index contributed by atoms with van der Waals surface area (Å²) in [7, 11) is 0. The fourth-order valence-corrected chi connectivity index (χ4v) is 4.44. The third-order valence-corrected chi connectivity index (χ3v) is 6.30. The molecule has 2 aromatic rings. The van der Waals surface area contributed by atoms with Crippen molar-refractivity contribution in [2.45, 2.75) is 45.3 Å². The summed E-state index contributed by atoms with van der Waals surface area (Å²) in [6, 6.07) is 0.164. The molecular formula is C22H27F3N4O5S. The number of halogens is 3. The van der Waals surface area contributed by atoms with Crippen molar-refractivity contribution < 1.29 is 37.7 Å². The second kappa shape index (κ2) is 12.2. The third-order valence-electron chi connectivity index (χ3n) is 5.56. The Hall–Kier alpha value is -2.90. The van der Waals surface area contributed by atoms with E-state index in [1.54, 1.807) is 0 Å². The van der Waals surface area contributed by atoms with Gasteiger partial charge in [0.05, 0.1) is 11.7 Å². The van der Waals surface area contributed by atoms with Gasteiger partial charge in [-0.2, -0.15) is 4.37 Å². The predicted octanol–water partition coefficient (Wildman–Crippen LogP) is 3.50. The summed E-state index contributed by atoms with van der Waals surface area (Å²) in [6.07, 6.45) is 2.99. The SMILES string of the molecule is Cc1cc(F)c(COc2nsc(NC(=O)NCCCCN3CCCC(O)C3)c2C(=O)O)c(F)c1F. The zero-order chi connectivity index (χ0) is 25.5. The number of hydrogen-bond donors (Lipinski definition) is 4. The van der Waals surface area contributed by atoms with Gasteiger partial charge in [0.1, 0.15) is 17.4 Å². The Morgan fingerprint density at radius 1 is 1.29 bits per heavy atom. The normalized spacial score (nSPS) is 16.2. The molecule has 0 spiro atoms. The quantitative estimate of drug-likeness (QED) is 0.281. The van der Waals surface area contributed by atoms with Crippen LogP contribution >= 0.6 is 11.5 Å². The number of aryl methyl sites for hydroxylation is 1. The molecule has 0 radical (unpaired) electrons. The molecule has 0 saturated carbocycles. The molecule has 3 rings (SSSR count). The van der Waals surface area contributed by atoms with Crippen LogP contribution in [0.2, 0.25) is 0 Å². The maximum absolute atomic E-state index is 14.1. The fourth-order valence-electron chi connectivity index (χ4n) is 3.72. The number of nitrogens with one attached hydrogen (secondary N) is 2. The van der Waals surface area contributed by atoms with Gasteiger partial charge in [0.15, 0.2) is 17.2 Å². The van der Waals surface area contributed by atoms with Crippen LogP contribution < -0.4 is 15.4 Å². The lowest BCUT2D eigenvalue weighted by atomic mass is 10.1.